The number of carbonyl (C=O) groups is 1. The summed E-state index contributed by atoms with van der Waals surface area (Å²) >= 11 is 1.49. The predicted octanol–water partition coefficient (Wildman–Crippen LogP) is 4.71. The Hall–Kier alpha value is -3.10. The zero-order valence-corrected chi connectivity index (χ0v) is 20.6. The Morgan fingerprint density at radius 1 is 0.970 bits per heavy atom. The minimum atomic E-state index is -0.122. The lowest BCUT2D eigenvalue weighted by Crippen LogP contribution is -2.38. The molecule has 1 aromatic heterocycles. The van der Waals surface area contributed by atoms with Crippen molar-refractivity contribution in [3.63, 3.8) is 0 Å². The molecule has 0 fully saturated rings. The molecule has 0 aliphatic carbocycles. The fourth-order valence-corrected chi connectivity index (χ4v) is 4.46. The standard InChI is InChI=1S/C25H31N3O4S/c1-6-27(7-2)14-15-28(25-26-20-11-10-19(30-3)17-23(20)33-25)24(29)13-9-18-8-12-21(31-4)22(16-18)32-5/h8-13,16-17H,6-7,14-15H2,1-5H3. The summed E-state index contributed by atoms with van der Waals surface area (Å²) in [5, 5.41) is 0.673. The van der Waals surface area contributed by atoms with Gasteiger partial charge in [0.1, 0.15) is 5.75 Å². The van der Waals surface area contributed by atoms with Gasteiger partial charge in [0.25, 0.3) is 5.91 Å². The van der Waals surface area contributed by atoms with Crippen molar-refractivity contribution in [2.75, 3.05) is 52.4 Å². The van der Waals surface area contributed by atoms with E-state index >= 15 is 0 Å². The highest BCUT2D eigenvalue weighted by Gasteiger charge is 2.19. The molecule has 176 valence electrons. The van der Waals surface area contributed by atoms with E-state index in [0.29, 0.717) is 23.2 Å². The Bertz CT molecular complexity index is 1110. The van der Waals surface area contributed by atoms with Crippen molar-refractivity contribution in [2.24, 2.45) is 0 Å². The second-order valence-electron chi connectivity index (χ2n) is 7.29. The lowest BCUT2D eigenvalue weighted by molar-refractivity contribution is -0.114. The van der Waals surface area contributed by atoms with Crippen LogP contribution in [0.2, 0.25) is 0 Å². The van der Waals surface area contributed by atoms with E-state index in [4.69, 9.17) is 19.2 Å². The average molecular weight is 470 g/mol. The van der Waals surface area contributed by atoms with Crippen LogP contribution >= 0.6 is 11.3 Å². The maximum Gasteiger partial charge on any atom is 0.252 e. The van der Waals surface area contributed by atoms with Crippen LogP contribution in [0.15, 0.2) is 42.5 Å². The van der Waals surface area contributed by atoms with Crippen molar-refractivity contribution >= 4 is 38.7 Å². The first kappa shape index (κ1) is 24.5. The van der Waals surface area contributed by atoms with Crippen LogP contribution < -0.4 is 19.1 Å². The Morgan fingerprint density at radius 2 is 1.73 bits per heavy atom. The summed E-state index contributed by atoms with van der Waals surface area (Å²) in [4.78, 5) is 22.0. The number of methoxy groups -OCH3 is 3. The number of nitrogens with zero attached hydrogens (tertiary/aromatic N) is 3. The van der Waals surface area contributed by atoms with E-state index in [1.165, 1.54) is 11.3 Å². The molecule has 0 spiro atoms. The van der Waals surface area contributed by atoms with Crippen molar-refractivity contribution in [1.29, 1.82) is 0 Å². The van der Waals surface area contributed by atoms with Gasteiger partial charge >= 0.3 is 0 Å². The van der Waals surface area contributed by atoms with Gasteiger partial charge < -0.3 is 19.1 Å². The van der Waals surface area contributed by atoms with E-state index in [1.54, 1.807) is 38.4 Å². The van der Waals surface area contributed by atoms with Gasteiger partial charge in [0.15, 0.2) is 16.6 Å². The van der Waals surface area contributed by atoms with Crippen LogP contribution in [0.3, 0.4) is 0 Å². The zero-order chi connectivity index (χ0) is 23.8. The van der Waals surface area contributed by atoms with Gasteiger partial charge in [-0.05, 0) is 55.1 Å². The Kier molecular flexibility index (Phi) is 8.68. The summed E-state index contributed by atoms with van der Waals surface area (Å²) in [5.41, 5.74) is 1.69. The molecule has 33 heavy (non-hydrogen) atoms. The molecular formula is C25H31N3O4S. The fraction of sp³-hybridized carbons (Fsp3) is 0.360. The van der Waals surface area contributed by atoms with Crippen molar-refractivity contribution in [3.05, 3.63) is 48.0 Å². The number of amides is 1. The van der Waals surface area contributed by atoms with Crippen LogP contribution in [0.1, 0.15) is 19.4 Å². The number of hydrogen-bond donors (Lipinski definition) is 0. The van der Waals surface area contributed by atoms with E-state index in [-0.39, 0.29) is 5.91 Å². The molecule has 0 radical (unpaired) electrons. The number of carbonyl (C=O) groups excluding carboxylic acids is 1. The minimum absolute atomic E-state index is 0.122. The largest absolute Gasteiger partial charge is 0.497 e. The van der Waals surface area contributed by atoms with Crippen molar-refractivity contribution < 1.29 is 19.0 Å². The molecule has 0 aliphatic rings. The highest BCUT2D eigenvalue weighted by molar-refractivity contribution is 7.22. The topological polar surface area (TPSA) is 64.1 Å². The summed E-state index contributed by atoms with van der Waals surface area (Å²) in [6.07, 6.45) is 3.36. The number of benzene rings is 2. The number of likely N-dealkylation sites (N-methyl/N-ethyl adjacent to an activating group) is 1. The van der Waals surface area contributed by atoms with Crippen LogP contribution in [-0.2, 0) is 4.79 Å². The second-order valence-corrected chi connectivity index (χ2v) is 8.30. The maximum absolute atomic E-state index is 13.3. The lowest BCUT2D eigenvalue weighted by atomic mass is 10.2. The number of ether oxygens (including phenoxy) is 3. The number of thiazole rings is 1. The van der Waals surface area contributed by atoms with Crippen molar-refractivity contribution in [1.82, 2.24) is 9.88 Å². The number of fused-ring (bicyclic) bond motifs is 1. The van der Waals surface area contributed by atoms with Gasteiger partial charge in [-0.3, -0.25) is 9.69 Å². The molecule has 0 N–H and O–H groups in total. The van der Waals surface area contributed by atoms with Gasteiger partial charge in [-0.15, -0.1) is 0 Å². The van der Waals surface area contributed by atoms with Crippen molar-refractivity contribution in [3.8, 4) is 17.2 Å². The summed E-state index contributed by atoms with van der Waals surface area (Å²) in [5.74, 6) is 1.91. The first-order valence-electron chi connectivity index (χ1n) is 10.9. The third-order valence-electron chi connectivity index (χ3n) is 5.44. The molecule has 2 aromatic carbocycles. The van der Waals surface area contributed by atoms with Crippen LogP contribution in [0.5, 0.6) is 17.2 Å². The van der Waals surface area contributed by atoms with E-state index in [1.807, 2.05) is 36.4 Å². The molecule has 0 saturated heterocycles. The summed E-state index contributed by atoms with van der Waals surface area (Å²) < 4.78 is 17.0. The molecule has 3 aromatic rings. The average Bonchev–Trinajstić information content (AvgIpc) is 3.27. The second kappa shape index (κ2) is 11.7. The molecule has 0 atom stereocenters. The molecule has 0 bridgehead atoms. The van der Waals surface area contributed by atoms with E-state index in [9.17, 15) is 4.79 Å². The summed E-state index contributed by atoms with van der Waals surface area (Å²) in [6.45, 7) is 7.41. The first-order chi connectivity index (χ1) is 16.0. The van der Waals surface area contributed by atoms with Gasteiger partial charge in [0.05, 0.1) is 31.5 Å². The third-order valence-corrected chi connectivity index (χ3v) is 6.48. The predicted molar refractivity (Wildman–Crippen MR) is 135 cm³/mol. The zero-order valence-electron chi connectivity index (χ0n) is 19.8. The Morgan fingerprint density at radius 3 is 2.39 bits per heavy atom. The molecular weight excluding hydrogens is 438 g/mol. The number of rotatable bonds is 11. The van der Waals surface area contributed by atoms with E-state index in [2.05, 4.69) is 18.7 Å². The lowest BCUT2D eigenvalue weighted by Gasteiger charge is -2.23. The van der Waals surface area contributed by atoms with E-state index < -0.39 is 0 Å². The number of hydrogen-bond acceptors (Lipinski definition) is 7. The molecule has 1 heterocycles. The highest BCUT2D eigenvalue weighted by atomic mass is 32.1. The SMILES string of the molecule is CCN(CC)CCN(C(=O)C=Cc1ccc(OC)c(OC)c1)c1nc2ccc(OC)cc2s1. The van der Waals surface area contributed by atoms with Gasteiger partial charge in [-0.2, -0.15) is 0 Å². The summed E-state index contributed by atoms with van der Waals surface area (Å²) in [6, 6.07) is 11.3. The van der Waals surface area contributed by atoms with Gasteiger partial charge in [0, 0.05) is 19.2 Å². The van der Waals surface area contributed by atoms with Gasteiger partial charge in [-0.25, -0.2) is 4.98 Å². The summed E-state index contributed by atoms with van der Waals surface area (Å²) in [7, 11) is 4.83. The molecule has 8 heteroatoms. The quantitative estimate of drug-likeness (QED) is 0.379. The monoisotopic (exact) mass is 469 g/mol. The van der Waals surface area contributed by atoms with Crippen LogP contribution in [0, 0.1) is 0 Å². The molecule has 0 unspecified atom stereocenters. The van der Waals surface area contributed by atoms with Crippen LogP contribution in [-0.4, -0.2) is 63.3 Å². The number of anilines is 1. The fourth-order valence-electron chi connectivity index (χ4n) is 3.43. The molecule has 7 nitrogen and oxygen atoms in total. The highest BCUT2D eigenvalue weighted by Crippen LogP contribution is 2.32. The smallest absolute Gasteiger partial charge is 0.252 e. The van der Waals surface area contributed by atoms with Crippen molar-refractivity contribution in [2.45, 2.75) is 13.8 Å². The Balaban J connectivity index is 1.88. The maximum atomic E-state index is 13.3. The minimum Gasteiger partial charge on any atom is -0.497 e. The molecule has 0 aliphatic heterocycles. The molecule has 1 amide bonds. The normalized spacial score (nSPS) is 11.3. The third kappa shape index (κ3) is 6.03. The van der Waals surface area contributed by atoms with E-state index in [0.717, 1.165) is 41.2 Å². The van der Waals surface area contributed by atoms with Gasteiger partial charge in [0.2, 0.25) is 0 Å². The molecule has 3 rings (SSSR count). The first-order valence-corrected chi connectivity index (χ1v) is 11.7. The van der Waals surface area contributed by atoms with Crippen LogP contribution in [0.4, 0.5) is 5.13 Å². The van der Waals surface area contributed by atoms with Gasteiger partial charge in [-0.1, -0.05) is 31.3 Å². The Labute approximate surface area is 199 Å². The van der Waals surface area contributed by atoms with Crippen LogP contribution in [0.25, 0.3) is 16.3 Å². The number of aromatic nitrogens is 1. The molecule has 0 saturated carbocycles.